The molecule has 2 amide bonds. The number of hydrogen-bond donors (Lipinski definition) is 1. The van der Waals surface area contributed by atoms with Crippen LogP contribution < -0.4 is 5.32 Å². The van der Waals surface area contributed by atoms with Crippen molar-refractivity contribution in [3.8, 4) is 11.3 Å². The van der Waals surface area contributed by atoms with Gasteiger partial charge in [-0.2, -0.15) is 0 Å². The molecule has 0 radical (unpaired) electrons. The second kappa shape index (κ2) is 9.59. The number of amides is 2. The van der Waals surface area contributed by atoms with Crippen molar-refractivity contribution in [1.82, 2.24) is 20.3 Å². The van der Waals surface area contributed by atoms with E-state index in [1.807, 2.05) is 0 Å². The lowest BCUT2D eigenvalue weighted by Crippen LogP contribution is -2.57. The highest BCUT2D eigenvalue weighted by Crippen LogP contribution is 2.33. The zero-order valence-corrected chi connectivity index (χ0v) is 19.2. The summed E-state index contributed by atoms with van der Waals surface area (Å²) in [4.78, 5) is 29.8. The van der Waals surface area contributed by atoms with Crippen molar-refractivity contribution in [2.45, 2.75) is 44.7 Å². The molecule has 2 aromatic rings. The normalized spacial score (nSPS) is 25.7. The molecule has 0 bridgehead atoms. The van der Waals surface area contributed by atoms with Crippen molar-refractivity contribution < 1.29 is 22.9 Å². The lowest BCUT2D eigenvalue weighted by molar-refractivity contribution is -0.136. The molecule has 7 nitrogen and oxygen atoms in total. The van der Waals surface area contributed by atoms with Crippen LogP contribution in [0.3, 0.4) is 0 Å². The first kappa shape index (κ1) is 23.4. The molecule has 0 spiro atoms. The van der Waals surface area contributed by atoms with E-state index >= 15 is 0 Å². The lowest BCUT2D eigenvalue weighted by Gasteiger charge is -2.42. The summed E-state index contributed by atoms with van der Waals surface area (Å²) in [6, 6.07) is 4.54. The highest BCUT2D eigenvalue weighted by atomic mass is 19.1. The molecule has 4 atom stereocenters. The van der Waals surface area contributed by atoms with Crippen LogP contribution in [0.5, 0.6) is 0 Å². The van der Waals surface area contributed by atoms with Crippen LogP contribution in [-0.2, 0) is 4.79 Å². The molecule has 2 fully saturated rings. The summed E-state index contributed by atoms with van der Waals surface area (Å²) in [7, 11) is 3.44. The summed E-state index contributed by atoms with van der Waals surface area (Å²) in [5, 5.41) is 6.70. The third-order valence-electron chi connectivity index (χ3n) is 6.94. The summed E-state index contributed by atoms with van der Waals surface area (Å²) in [5.74, 6) is -1.75. The first-order chi connectivity index (χ1) is 15.7. The molecule has 178 valence electrons. The average molecular weight is 461 g/mol. The molecular weight excluding hydrogens is 430 g/mol. The highest BCUT2D eigenvalue weighted by molar-refractivity contribution is 5.94. The Morgan fingerprint density at radius 2 is 1.97 bits per heavy atom. The predicted octanol–water partition coefficient (Wildman–Crippen LogP) is 3.32. The van der Waals surface area contributed by atoms with E-state index in [1.54, 1.807) is 19.0 Å². The van der Waals surface area contributed by atoms with E-state index in [2.05, 4.69) is 22.3 Å². The van der Waals surface area contributed by atoms with Gasteiger partial charge in [0, 0.05) is 51.4 Å². The second-order valence-electron chi connectivity index (χ2n) is 9.38. The van der Waals surface area contributed by atoms with Gasteiger partial charge in [0.05, 0.1) is 11.5 Å². The Bertz CT molecular complexity index is 1020. The van der Waals surface area contributed by atoms with Gasteiger partial charge < -0.3 is 14.7 Å². The molecule has 1 aliphatic carbocycles. The maximum Gasteiger partial charge on any atom is 0.273 e. The highest BCUT2D eigenvalue weighted by Gasteiger charge is 2.40. The van der Waals surface area contributed by atoms with Crippen molar-refractivity contribution in [2.75, 3.05) is 27.2 Å². The van der Waals surface area contributed by atoms with E-state index < -0.39 is 17.5 Å². The van der Waals surface area contributed by atoms with Gasteiger partial charge in [-0.05, 0) is 37.3 Å². The third kappa shape index (κ3) is 4.93. The molecular formula is C24H30F2N4O3. The van der Waals surface area contributed by atoms with Gasteiger partial charge in [-0.1, -0.05) is 18.5 Å². The standard InChI is InChI=1S/C24H30F2N4O3/c1-14-5-4-6-21(14)30-10-9-19(17(13-30)24(32)29(2)3)27-23(31)20-12-22(33-28-20)16-8-7-15(25)11-18(16)26/h7-8,11-12,14,17,19,21H,4-6,9-10,13H2,1-3H3,(H,27,31)/t14-,17+,19+,21-/m1/s1. The minimum atomic E-state index is -0.803. The maximum atomic E-state index is 14.1. The van der Waals surface area contributed by atoms with Crippen molar-refractivity contribution >= 4 is 11.8 Å². The Hall–Kier alpha value is -2.81. The Morgan fingerprint density at radius 3 is 2.64 bits per heavy atom. The lowest BCUT2D eigenvalue weighted by atomic mass is 9.88. The second-order valence-corrected chi connectivity index (χ2v) is 9.38. The zero-order valence-electron chi connectivity index (χ0n) is 19.2. The molecule has 1 saturated heterocycles. The predicted molar refractivity (Wildman–Crippen MR) is 118 cm³/mol. The van der Waals surface area contributed by atoms with Crippen LogP contribution >= 0.6 is 0 Å². The number of aromatic nitrogens is 1. The maximum absolute atomic E-state index is 14.1. The van der Waals surface area contributed by atoms with E-state index in [4.69, 9.17) is 4.52 Å². The van der Waals surface area contributed by atoms with Gasteiger partial charge in [0.1, 0.15) is 11.6 Å². The van der Waals surface area contributed by atoms with Gasteiger partial charge in [0.2, 0.25) is 5.91 Å². The smallest absolute Gasteiger partial charge is 0.273 e. The summed E-state index contributed by atoms with van der Waals surface area (Å²) < 4.78 is 32.4. The SMILES string of the molecule is C[C@@H]1CCC[C@H]1N1CC[C@H](NC(=O)c2cc(-c3ccc(F)cc3F)on2)[C@@H](C(=O)N(C)C)C1. The zero-order chi connectivity index (χ0) is 23.7. The molecule has 2 aliphatic rings. The number of carbonyl (C=O) groups is 2. The van der Waals surface area contributed by atoms with Crippen molar-refractivity contribution in [3.63, 3.8) is 0 Å². The topological polar surface area (TPSA) is 78.7 Å². The van der Waals surface area contributed by atoms with Gasteiger partial charge in [-0.3, -0.25) is 14.5 Å². The van der Waals surface area contributed by atoms with Crippen LogP contribution in [-0.4, -0.2) is 66.0 Å². The van der Waals surface area contributed by atoms with Gasteiger partial charge in [-0.25, -0.2) is 8.78 Å². The molecule has 1 aromatic carbocycles. The first-order valence-corrected chi connectivity index (χ1v) is 11.4. The summed E-state index contributed by atoms with van der Waals surface area (Å²) in [6.45, 7) is 3.67. The number of rotatable bonds is 5. The fourth-order valence-corrected chi connectivity index (χ4v) is 5.14. The third-order valence-corrected chi connectivity index (χ3v) is 6.94. The summed E-state index contributed by atoms with van der Waals surface area (Å²) in [5.41, 5.74) is -0.000717. The molecule has 0 unspecified atom stereocenters. The van der Waals surface area contributed by atoms with E-state index in [1.165, 1.54) is 25.0 Å². The Balaban J connectivity index is 1.48. The van der Waals surface area contributed by atoms with E-state index in [0.29, 0.717) is 24.9 Å². The number of halogens is 2. The van der Waals surface area contributed by atoms with Crippen LogP contribution in [0.15, 0.2) is 28.8 Å². The van der Waals surface area contributed by atoms with Crippen LogP contribution in [0.1, 0.15) is 43.1 Å². The van der Waals surface area contributed by atoms with E-state index in [0.717, 1.165) is 25.1 Å². The molecule has 1 aliphatic heterocycles. The van der Waals surface area contributed by atoms with Crippen LogP contribution in [0.25, 0.3) is 11.3 Å². The molecule has 2 heterocycles. The Morgan fingerprint density at radius 1 is 1.18 bits per heavy atom. The van der Waals surface area contributed by atoms with Gasteiger partial charge in [-0.15, -0.1) is 0 Å². The number of likely N-dealkylation sites (tertiary alicyclic amines) is 1. The Kier molecular flexibility index (Phi) is 6.78. The van der Waals surface area contributed by atoms with E-state index in [-0.39, 0.29) is 34.9 Å². The first-order valence-electron chi connectivity index (χ1n) is 11.4. The Labute approximate surface area is 192 Å². The van der Waals surface area contributed by atoms with Crippen LogP contribution in [0, 0.1) is 23.5 Å². The molecule has 9 heteroatoms. The monoisotopic (exact) mass is 460 g/mol. The average Bonchev–Trinajstić information content (AvgIpc) is 3.43. The summed E-state index contributed by atoms with van der Waals surface area (Å²) >= 11 is 0. The summed E-state index contributed by atoms with van der Waals surface area (Å²) in [6.07, 6.45) is 4.20. The minimum Gasteiger partial charge on any atom is -0.355 e. The van der Waals surface area contributed by atoms with Crippen molar-refractivity contribution in [3.05, 3.63) is 41.6 Å². The van der Waals surface area contributed by atoms with Crippen molar-refractivity contribution in [1.29, 1.82) is 0 Å². The molecule has 1 saturated carbocycles. The van der Waals surface area contributed by atoms with Gasteiger partial charge in [0.15, 0.2) is 11.5 Å². The number of hydrogen-bond acceptors (Lipinski definition) is 5. The molecule has 1 N–H and O–H groups in total. The minimum absolute atomic E-state index is 0.0163. The molecule has 1 aromatic heterocycles. The number of nitrogens with one attached hydrogen (secondary N) is 1. The van der Waals surface area contributed by atoms with E-state index in [9.17, 15) is 18.4 Å². The van der Waals surface area contributed by atoms with Crippen LogP contribution in [0.4, 0.5) is 8.78 Å². The number of benzene rings is 1. The number of carbonyl (C=O) groups excluding carboxylic acids is 2. The fraction of sp³-hybridized carbons (Fsp3) is 0.542. The van der Waals surface area contributed by atoms with Gasteiger partial charge in [0.25, 0.3) is 5.91 Å². The molecule has 4 rings (SSSR count). The van der Waals surface area contributed by atoms with Gasteiger partial charge >= 0.3 is 0 Å². The fourth-order valence-electron chi connectivity index (χ4n) is 5.14. The number of nitrogens with zero attached hydrogens (tertiary/aromatic N) is 3. The largest absolute Gasteiger partial charge is 0.355 e. The number of piperidine rings is 1. The molecule has 33 heavy (non-hydrogen) atoms. The quantitative estimate of drug-likeness (QED) is 0.741. The van der Waals surface area contributed by atoms with Crippen LogP contribution in [0.2, 0.25) is 0 Å². The van der Waals surface area contributed by atoms with Crippen molar-refractivity contribution in [2.24, 2.45) is 11.8 Å².